The molecule has 0 bridgehead atoms. The van der Waals surface area contributed by atoms with Crippen LogP contribution in [0.25, 0.3) is 0 Å². The van der Waals surface area contributed by atoms with E-state index in [9.17, 15) is 9.90 Å². The molecule has 1 amide bonds. The van der Waals surface area contributed by atoms with Crippen LogP contribution in [0.5, 0.6) is 5.88 Å². The zero-order chi connectivity index (χ0) is 25.7. The molecule has 8 nitrogen and oxygen atoms in total. The normalized spacial score (nSPS) is 25.4. The number of alkyl halides is 2. The molecule has 1 N–H and O–H groups in total. The maximum absolute atomic E-state index is 15.9. The van der Waals surface area contributed by atoms with E-state index in [2.05, 4.69) is 15.1 Å². The Bertz CT molecular complexity index is 1060. The van der Waals surface area contributed by atoms with Crippen molar-refractivity contribution in [2.45, 2.75) is 90.4 Å². The van der Waals surface area contributed by atoms with Crippen molar-refractivity contribution in [3.63, 3.8) is 0 Å². The third-order valence-corrected chi connectivity index (χ3v) is 7.25. The van der Waals surface area contributed by atoms with E-state index in [1.54, 1.807) is 13.0 Å². The Labute approximate surface area is 204 Å². The van der Waals surface area contributed by atoms with Gasteiger partial charge in [-0.25, -0.2) is 4.98 Å². The molecule has 0 spiro atoms. The molecule has 1 aliphatic carbocycles. The summed E-state index contributed by atoms with van der Waals surface area (Å²) in [7, 11) is 0. The Hall–Kier alpha value is -2.62. The van der Waals surface area contributed by atoms with E-state index < -0.39 is 33.8 Å². The first-order valence-corrected chi connectivity index (χ1v) is 11.9. The number of aliphatic hydroxyl groups is 1. The van der Waals surface area contributed by atoms with Crippen molar-refractivity contribution in [3.8, 4) is 5.88 Å². The highest BCUT2D eigenvalue weighted by molar-refractivity contribution is 5.86. The summed E-state index contributed by atoms with van der Waals surface area (Å²) < 4.78 is 42.7. The zero-order valence-electron chi connectivity index (χ0n) is 21.0. The number of aromatic nitrogens is 3. The topological polar surface area (TPSA) is 102 Å². The van der Waals surface area contributed by atoms with Crippen molar-refractivity contribution in [1.29, 1.82) is 0 Å². The van der Waals surface area contributed by atoms with Crippen molar-refractivity contribution in [1.82, 2.24) is 20.0 Å². The molecule has 0 unspecified atom stereocenters. The molecular weight excluding hydrogens is 458 g/mol. The Kier molecular flexibility index (Phi) is 6.18. The number of nitrogens with zero attached hydrogens (tertiary/aromatic N) is 4. The van der Waals surface area contributed by atoms with Crippen molar-refractivity contribution in [2.75, 3.05) is 6.54 Å². The molecule has 2 aromatic rings. The van der Waals surface area contributed by atoms with Gasteiger partial charge in [0.05, 0.1) is 11.7 Å². The molecule has 1 aliphatic heterocycles. The van der Waals surface area contributed by atoms with Crippen LogP contribution in [0.2, 0.25) is 0 Å². The van der Waals surface area contributed by atoms with Crippen molar-refractivity contribution < 1.29 is 27.9 Å². The van der Waals surface area contributed by atoms with Gasteiger partial charge >= 0.3 is 5.92 Å². The van der Waals surface area contributed by atoms with Gasteiger partial charge in [0, 0.05) is 25.0 Å². The van der Waals surface area contributed by atoms with E-state index in [0.717, 1.165) is 4.90 Å². The molecule has 1 atom stereocenters. The summed E-state index contributed by atoms with van der Waals surface area (Å²) in [5.41, 5.74) is -4.21. The maximum Gasteiger partial charge on any atom is 0.352 e. The lowest BCUT2D eigenvalue weighted by molar-refractivity contribution is -0.233. The standard InChI is InChI=1S/C25H34F2N4O4/c1-21(2)14-22(3,4)16-24(33,15-21)25(26,27)20(32)31-10-6-7-23(31,5)18-11-17(35-30-18)13-34-19-12-28-8-9-29-19/h8-9,11-12,33H,6-7,10,13-16H2,1-5H3/t23-/m0/s1. The van der Waals surface area contributed by atoms with Crippen LogP contribution in [0.3, 0.4) is 0 Å². The lowest BCUT2D eigenvalue weighted by Crippen LogP contribution is -2.64. The van der Waals surface area contributed by atoms with E-state index in [1.807, 2.05) is 27.7 Å². The minimum atomic E-state index is -3.95. The van der Waals surface area contributed by atoms with Gasteiger partial charge in [-0.15, -0.1) is 0 Å². The molecule has 1 saturated heterocycles. The number of carbonyl (C=O) groups excluding carboxylic acids is 1. The van der Waals surface area contributed by atoms with Crippen LogP contribution < -0.4 is 4.74 Å². The Morgan fingerprint density at radius 1 is 1.17 bits per heavy atom. The summed E-state index contributed by atoms with van der Waals surface area (Å²) in [5, 5.41) is 15.3. The van der Waals surface area contributed by atoms with Gasteiger partial charge in [-0.05, 0) is 49.9 Å². The van der Waals surface area contributed by atoms with Crippen LogP contribution >= 0.6 is 0 Å². The zero-order valence-corrected chi connectivity index (χ0v) is 21.0. The molecule has 0 aromatic carbocycles. The predicted octanol–water partition coefficient (Wildman–Crippen LogP) is 4.48. The first kappa shape index (κ1) is 25.5. The summed E-state index contributed by atoms with van der Waals surface area (Å²) in [6.45, 7) is 9.32. The summed E-state index contributed by atoms with van der Waals surface area (Å²) in [5.74, 6) is -4.64. The number of hydrogen-bond acceptors (Lipinski definition) is 7. The Morgan fingerprint density at radius 3 is 2.49 bits per heavy atom. The van der Waals surface area contributed by atoms with E-state index >= 15 is 8.78 Å². The lowest BCUT2D eigenvalue weighted by Gasteiger charge is -2.52. The van der Waals surface area contributed by atoms with Gasteiger partial charge in [0.25, 0.3) is 5.91 Å². The van der Waals surface area contributed by atoms with Crippen LogP contribution in [-0.2, 0) is 16.9 Å². The fourth-order valence-electron chi connectivity index (χ4n) is 6.35. The Morgan fingerprint density at radius 2 is 1.86 bits per heavy atom. The van der Waals surface area contributed by atoms with Crippen LogP contribution in [0.15, 0.2) is 29.2 Å². The van der Waals surface area contributed by atoms with Gasteiger partial charge in [-0.1, -0.05) is 32.9 Å². The second kappa shape index (κ2) is 8.50. The highest BCUT2D eigenvalue weighted by atomic mass is 19.3. The van der Waals surface area contributed by atoms with Crippen molar-refractivity contribution >= 4 is 5.91 Å². The lowest BCUT2D eigenvalue weighted by atomic mass is 9.58. The third-order valence-electron chi connectivity index (χ3n) is 7.25. The van der Waals surface area contributed by atoms with E-state index in [0.29, 0.717) is 36.6 Å². The van der Waals surface area contributed by atoms with Gasteiger partial charge in [0.15, 0.2) is 12.4 Å². The van der Waals surface area contributed by atoms with Gasteiger partial charge in [-0.2, -0.15) is 8.78 Å². The predicted molar refractivity (Wildman–Crippen MR) is 122 cm³/mol. The third kappa shape index (κ3) is 4.77. The fraction of sp³-hybridized carbons (Fsp3) is 0.680. The molecule has 4 rings (SSSR count). The monoisotopic (exact) mass is 492 g/mol. The van der Waals surface area contributed by atoms with Gasteiger partial charge in [0.2, 0.25) is 5.88 Å². The summed E-state index contributed by atoms with van der Waals surface area (Å²) in [6.07, 6.45) is 5.83. The average Bonchev–Trinajstić information content (AvgIpc) is 3.37. The number of halogens is 2. The average molecular weight is 493 g/mol. The summed E-state index contributed by atoms with van der Waals surface area (Å²) in [6, 6.07) is 1.61. The SMILES string of the molecule is CC1(C)CC(C)(C)CC(O)(C(F)(F)C(=O)N2CCC[C@@]2(C)c2cc(COc3cnccn3)on2)C1. The number of carbonyl (C=O) groups is 1. The van der Waals surface area contributed by atoms with Crippen LogP contribution in [0.4, 0.5) is 8.78 Å². The number of rotatable bonds is 6. The minimum absolute atomic E-state index is 0.0236. The largest absolute Gasteiger partial charge is 0.468 e. The van der Waals surface area contributed by atoms with Gasteiger partial charge < -0.3 is 19.3 Å². The number of amides is 1. The van der Waals surface area contributed by atoms with Gasteiger partial charge in [0.1, 0.15) is 11.3 Å². The second-order valence-corrected chi connectivity index (χ2v) is 11.8. The first-order chi connectivity index (χ1) is 16.2. The molecule has 192 valence electrons. The molecule has 2 aromatic heterocycles. The van der Waals surface area contributed by atoms with E-state index in [1.165, 1.54) is 18.6 Å². The highest BCUT2D eigenvalue weighted by Gasteiger charge is 2.66. The molecular formula is C25H34F2N4O4. The second-order valence-electron chi connectivity index (χ2n) is 11.8. The van der Waals surface area contributed by atoms with Crippen LogP contribution in [-0.4, -0.2) is 49.1 Å². The molecule has 0 radical (unpaired) electrons. The summed E-state index contributed by atoms with van der Waals surface area (Å²) in [4.78, 5) is 22.5. The van der Waals surface area contributed by atoms with E-state index in [4.69, 9.17) is 9.26 Å². The van der Waals surface area contributed by atoms with Gasteiger partial charge in [-0.3, -0.25) is 9.78 Å². The molecule has 35 heavy (non-hydrogen) atoms. The highest BCUT2D eigenvalue weighted by Crippen LogP contribution is 2.55. The smallest absolute Gasteiger partial charge is 0.352 e. The Balaban J connectivity index is 1.55. The molecule has 2 fully saturated rings. The first-order valence-electron chi connectivity index (χ1n) is 11.9. The summed E-state index contributed by atoms with van der Waals surface area (Å²) >= 11 is 0. The van der Waals surface area contributed by atoms with Crippen molar-refractivity contribution in [2.24, 2.45) is 10.8 Å². The van der Waals surface area contributed by atoms with E-state index in [-0.39, 0.29) is 26.0 Å². The molecule has 3 heterocycles. The molecule has 10 heteroatoms. The quantitative estimate of drug-likeness (QED) is 0.634. The van der Waals surface area contributed by atoms with Crippen LogP contribution in [0.1, 0.15) is 78.2 Å². The maximum atomic E-state index is 15.9. The number of hydrogen-bond donors (Lipinski definition) is 1. The minimum Gasteiger partial charge on any atom is -0.468 e. The number of likely N-dealkylation sites (tertiary alicyclic amines) is 1. The fourth-order valence-corrected chi connectivity index (χ4v) is 6.35. The number of ether oxygens (including phenoxy) is 1. The van der Waals surface area contributed by atoms with Crippen molar-refractivity contribution in [3.05, 3.63) is 36.1 Å². The molecule has 1 saturated carbocycles. The van der Waals surface area contributed by atoms with Crippen LogP contribution in [0, 0.1) is 10.8 Å². The molecule has 2 aliphatic rings.